The molecule has 0 amide bonds. The average molecular weight is 329 g/mol. The van der Waals surface area contributed by atoms with Crippen molar-refractivity contribution in [2.24, 2.45) is 5.92 Å². The van der Waals surface area contributed by atoms with Crippen molar-refractivity contribution >= 4 is 29.3 Å². The Bertz CT molecular complexity index is 496. The van der Waals surface area contributed by atoms with E-state index in [9.17, 15) is 4.79 Å². The number of rotatable bonds is 8. The van der Waals surface area contributed by atoms with Gasteiger partial charge in [0, 0.05) is 11.9 Å². The van der Waals surface area contributed by atoms with Gasteiger partial charge < -0.3 is 10.1 Å². The van der Waals surface area contributed by atoms with Gasteiger partial charge in [0.25, 0.3) is 0 Å². The Kier molecular flexibility index (Phi) is 5.90. The van der Waals surface area contributed by atoms with Crippen molar-refractivity contribution in [2.75, 3.05) is 18.9 Å². The summed E-state index contributed by atoms with van der Waals surface area (Å²) in [6.07, 6.45) is 3.83. The first-order valence-electron chi connectivity index (χ1n) is 7.29. The maximum atomic E-state index is 12.5. The third kappa shape index (κ3) is 3.90. The Morgan fingerprint density at radius 3 is 2.90 bits per heavy atom. The highest BCUT2D eigenvalue weighted by Gasteiger charge is 2.51. The van der Waals surface area contributed by atoms with Crippen LogP contribution in [0.15, 0.2) is 23.4 Å². The first kappa shape index (κ1) is 16.6. The topological polar surface area (TPSA) is 51.2 Å². The second kappa shape index (κ2) is 7.47. The summed E-state index contributed by atoms with van der Waals surface area (Å²) >= 11 is 7.66. The maximum absolute atomic E-state index is 12.5. The van der Waals surface area contributed by atoms with Crippen LogP contribution in [0.2, 0.25) is 5.02 Å². The lowest BCUT2D eigenvalue weighted by Crippen LogP contribution is -2.57. The molecular formula is C15H21ClN2O2S. The number of aromatic nitrogens is 1. The molecule has 0 saturated heterocycles. The van der Waals surface area contributed by atoms with Crippen LogP contribution in [-0.4, -0.2) is 35.4 Å². The molecule has 4 nitrogen and oxygen atoms in total. The number of pyridine rings is 1. The van der Waals surface area contributed by atoms with Gasteiger partial charge in [-0.25, -0.2) is 4.98 Å². The normalized spacial score (nSPS) is 17.3. The van der Waals surface area contributed by atoms with E-state index in [0.717, 1.165) is 24.4 Å². The second-order valence-corrected chi connectivity index (χ2v) is 6.45. The molecule has 1 heterocycles. The van der Waals surface area contributed by atoms with Gasteiger partial charge in [-0.15, -0.1) is 11.8 Å². The van der Waals surface area contributed by atoms with Crippen LogP contribution in [-0.2, 0) is 9.53 Å². The number of hydrogen-bond donors (Lipinski definition) is 1. The van der Waals surface area contributed by atoms with Gasteiger partial charge in [0.2, 0.25) is 0 Å². The van der Waals surface area contributed by atoms with Crippen molar-refractivity contribution in [3.05, 3.63) is 23.4 Å². The molecule has 1 atom stereocenters. The zero-order valence-corrected chi connectivity index (χ0v) is 14.0. The summed E-state index contributed by atoms with van der Waals surface area (Å²) in [5.74, 6) is 0.765. The van der Waals surface area contributed by atoms with Crippen LogP contribution in [0, 0.1) is 5.92 Å². The van der Waals surface area contributed by atoms with Crippen LogP contribution in [0.25, 0.3) is 0 Å². The van der Waals surface area contributed by atoms with E-state index in [4.69, 9.17) is 16.3 Å². The molecule has 1 N–H and O–H groups in total. The van der Waals surface area contributed by atoms with Crippen LogP contribution in [0.3, 0.4) is 0 Å². The molecule has 1 aliphatic rings. The van der Waals surface area contributed by atoms with E-state index in [1.807, 2.05) is 19.9 Å². The Morgan fingerprint density at radius 1 is 1.57 bits per heavy atom. The lowest BCUT2D eigenvalue weighted by molar-refractivity contribution is -0.151. The van der Waals surface area contributed by atoms with Gasteiger partial charge in [0.15, 0.2) is 0 Å². The Hall–Kier alpha value is -0.780. The van der Waals surface area contributed by atoms with Crippen molar-refractivity contribution in [3.8, 4) is 0 Å². The first-order chi connectivity index (χ1) is 10.1. The van der Waals surface area contributed by atoms with Crippen LogP contribution in [0.4, 0.5) is 0 Å². The zero-order valence-electron chi connectivity index (χ0n) is 12.4. The molecule has 0 bridgehead atoms. The minimum atomic E-state index is -0.629. The Labute approximate surface area is 135 Å². The summed E-state index contributed by atoms with van der Waals surface area (Å²) < 4.78 is 5.31. The lowest BCUT2D eigenvalue weighted by Gasteiger charge is -2.32. The van der Waals surface area contributed by atoms with Gasteiger partial charge >= 0.3 is 5.97 Å². The molecule has 1 aliphatic carbocycles. The van der Waals surface area contributed by atoms with Gasteiger partial charge in [0.1, 0.15) is 10.6 Å². The first-order valence-corrected chi connectivity index (χ1v) is 8.66. The molecule has 1 fully saturated rings. The fourth-order valence-electron chi connectivity index (χ4n) is 2.42. The quantitative estimate of drug-likeness (QED) is 0.587. The summed E-state index contributed by atoms with van der Waals surface area (Å²) in [5.41, 5.74) is -0.629. The van der Waals surface area contributed by atoms with E-state index < -0.39 is 5.54 Å². The summed E-state index contributed by atoms with van der Waals surface area (Å²) in [7, 11) is 0. The van der Waals surface area contributed by atoms with E-state index in [2.05, 4.69) is 10.3 Å². The molecule has 2 rings (SSSR count). The Morgan fingerprint density at radius 2 is 2.33 bits per heavy atom. The van der Waals surface area contributed by atoms with Gasteiger partial charge in [-0.3, -0.25) is 4.79 Å². The number of likely N-dealkylation sites (N-methyl/N-ethyl adjacent to an activating group) is 1. The molecular weight excluding hydrogens is 308 g/mol. The predicted molar refractivity (Wildman–Crippen MR) is 85.7 cm³/mol. The van der Waals surface area contributed by atoms with Crippen molar-refractivity contribution in [3.63, 3.8) is 0 Å². The van der Waals surface area contributed by atoms with Gasteiger partial charge in [-0.1, -0.05) is 18.5 Å². The van der Waals surface area contributed by atoms with Crippen molar-refractivity contribution in [1.29, 1.82) is 0 Å². The smallest absolute Gasteiger partial charge is 0.327 e. The number of carbonyl (C=O) groups excluding carboxylic acids is 1. The number of nitrogens with one attached hydrogen (secondary N) is 1. The number of carbonyl (C=O) groups is 1. The molecule has 0 radical (unpaired) electrons. The molecule has 21 heavy (non-hydrogen) atoms. The van der Waals surface area contributed by atoms with Gasteiger partial charge in [-0.05, 0) is 44.4 Å². The molecule has 1 saturated carbocycles. The summed E-state index contributed by atoms with van der Waals surface area (Å²) in [6.45, 7) is 4.97. The highest BCUT2D eigenvalue weighted by atomic mass is 35.5. The van der Waals surface area contributed by atoms with E-state index in [0.29, 0.717) is 23.3 Å². The molecule has 6 heteroatoms. The highest BCUT2D eigenvalue weighted by molar-refractivity contribution is 7.99. The van der Waals surface area contributed by atoms with Crippen molar-refractivity contribution < 1.29 is 9.53 Å². The van der Waals surface area contributed by atoms with E-state index in [1.54, 1.807) is 12.3 Å². The van der Waals surface area contributed by atoms with Crippen molar-refractivity contribution in [1.82, 2.24) is 10.3 Å². The minimum Gasteiger partial charge on any atom is -0.465 e. The monoisotopic (exact) mass is 328 g/mol. The van der Waals surface area contributed by atoms with Crippen LogP contribution in [0.1, 0.15) is 26.7 Å². The maximum Gasteiger partial charge on any atom is 0.327 e. The third-order valence-electron chi connectivity index (χ3n) is 3.57. The number of esters is 1. The van der Waals surface area contributed by atoms with Crippen molar-refractivity contribution in [2.45, 2.75) is 37.3 Å². The summed E-state index contributed by atoms with van der Waals surface area (Å²) in [6, 6.07) is 3.61. The molecule has 116 valence electrons. The number of thioether (sulfide) groups is 1. The van der Waals surface area contributed by atoms with E-state index >= 15 is 0 Å². The SMILES string of the molecule is CCNC(CSc1ncccc1Cl)(C(=O)OCC)C1CC1. The fourth-order valence-corrected chi connectivity index (χ4v) is 3.87. The molecule has 1 aromatic heterocycles. The zero-order chi connectivity index (χ0) is 15.3. The molecule has 0 aliphatic heterocycles. The number of nitrogens with zero attached hydrogens (tertiary/aromatic N) is 1. The third-order valence-corrected chi connectivity index (χ3v) is 5.18. The number of halogens is 1. The summed E-state index contributed by atoms with van der Waals surface area (Å²) in [5, 5.41) is 4.74. The minimum absolute atomic E-state index is 0.158. The fraction of sp³-hybridized carbons (Fsp3) is 0.600. The van der Waals surface area contributed by atoms with E-state index in [1.165, 1.54) is 11.8 Å². The largest absolute Gasteiger partial charge is 0.465 e. The van der Waals surface area contributed by atoms with E-state index in [-0.39, 0.29) is 5.97 Å². The average Bonchev–Trinajstić information content (AvgIpc) is 3.30. The standard InChI is InChI=1S/C15H21ClN2O2S/c1-3-18-15(11-7-8-11,14(19)20-4-2)10-21-13-12(16)6-5-9-17-13/h5-6,9,11,18H,3-4,7-8,10H2,1-2H3. The van der Waals surface area contributed by atoms with Gasteiger partial charge in [-0.2, -0.15) is 0 Å². The van der Waals surface area contributed by atoms with Crippen LogP contribution < -0.4 is 5.32 Å². The summed E-state index contributed by atoms with van der Waals surface area (Å²) in [4.78, 5) is 16.8. The van der Waals surface area contributed by atoms with Crippen LogP contribution in [0.5, 0.6) is 0 Å². The number of ether oxygens (including phenoxy) is 1. The molecule has 1 unspecified atom stereocenters. The number of hydrogen-bond acceptors (Lipinski definition) is 5. The molecule has 0 aromatic carbocycles. The Balaban J connectivity index is 2.15. The van der Waals surface area contributed by atoms with Gasteiger partial charge in [0.05, 0.1) is 11.6 Å². The molecule has 0 spiro atoms. The second-order valence-electron chi connectivity index (χ2n) is 5.08. The van der Waals surface area contributed by atoms with Crippen LogP contribution >= 0.6 is 23.4 Å². The highest BCUT2D eigenvalue weighted by Crippen LogP contribution is 2.43. The lowest BCUT2D eigenvalue weighted by atomic mass is 9.95. The molecule has 1 aromatic rings. The predicted octanol–water partition coefficient (Wildman–Crippen LogP) is 3.15.